The van der Waals surface area contributed by atoms with E-state index in [1.807, 2.05) is 13.8 Å². The van der Waals surface area contributed by atoms with Crippen LogP contribution in [0.15, 0.2) is 42.5 Å². The quantitative estimate of drug-likeness (QED) is 0.695. The van der Waals surface area contributed by atoms with Crippen molar-refractivity contribution in [2.45, 2.75) is 26.8 Å². The largest absolute Gasteiger partial charge is 0.482 e. The first-order valence-corrected chi connectivity index (χ1v) is 8.44. The number of carbonyl (C=O) groups is 3. The topological polar surface area (TPSA) is 105 Å². The molecule has 7 nitrogen and oxygen atoms in total. The molecule has 7 heteroatoms. The van der Waals surface area contributed by atoms with E-state index in [-0.39, 0.29) is 17.9 Å². The Balaban J connectivity index is 2.09. The molecule has 142 valence electrons. The molecule has 0 saturated heterocycles. The number of carboxylic acids is 1. The molecular formula is C20H22N2O5. The summed E-state index contributed by atoms with van der Waals surface area (Å²) in [6, 6.07) is 11.3. The lowest BCUT2D eigenvalue weighted by Crippen LogP contribution is -2.30. The van der Waals surface area contributed by atoms with Gasteiger partial charge in [0, 0.05) is 22.9 Å². The second-order valence-electron chi connectivity index (χ2n) is 6.32. The summed E-state index contributed by atoms with van der Waals surface area (Å²) in [5, 5.41) is 14.2. The molecule has 0 aromatic heterocycles. The SMILES string of the molecule is Cc1cc(NC(=O)c2cccc(OCC(=O)O)c2)ccc1C(=O)NC(C)C. The van der Waals surface area contributed by atoms with Gasteiger partial charge in [0.15, 0.2) is 6.61 Å². The van der Waals surface area contributed by atoms with Crippen LogP contribution in [0.25, 0.3) is 0 Å². The summed E-state index contributed by atoms with van der Waals surface area (Å²) in [4.78, 5) is 35.1. The van der Waals surface area contributed by atoms with E-state index >= 15 is 0 Å². The van der Waals surface area contributed by atoms with Gasteiger partial charge in [0.1, 0.15) is 5.75 Å². The Morgan fingerprint density at radius 1 is 1.07 bits per heavy atom. The fourth-order valence-electron chi connectivity index (χ4n) is 2.41. The smallest absolute Gasteiger partial charge is 0.341 e. The predicted molar refractivity (Wildman–Crippen MR) is 101 cm³/mol. The van der Waals surface area contributed by atoms with Crippen LogP contribution in [0.4, 0.5) is 5.69 Å². The lowest BCUT2D eigenvalue weighted by molar-refractivity contribution is -0.139. The van der Waals surface area contributed by atoms with Crippen molar-refractivity contribution in [2.24, 2.45) is 0 Å². The second kappa shape index (κ2) is 8.84. The third-order valence-electron chi connectivity index (χ3n) is 3.61. The Morgan fingerprint density at radius 2 is 1.81 bits per heavy atom. The molecule has 0 bridgehead atoms. The van der Waals surface area contributed by atoms with E-state index in [1.165, 1.54) is 6.07 Å². The number of aliphatic carboxylic acids is 1. The van der Waals surface area contributed by atoms with Crippen LogP contribution in [-0.4, -0.2) is 35.5 Å². The number of hydrogen-bond acceptors (Lipinski definition) is 4. The van der Waals surface area contributed by atoms with Gasteiger partial charge in [-0.2, -0.15) is 0 Å². The highest BCUT2D eigenvalue weighted by Crippen LogP contribution is 2.18. The Morgan fingerprint density at radius 3 is 2.44 bits per heavy atom. The number of nitrogens with one attached hydrogen (secondary N) is 2. The van der Waals surface area contributed by atoms with E-state index in [1.54, 1.807) is 43.3 Å². The molecule has 2 aromatic carbocycles. The third kappa shape index (κ3) is 5.85. The van der Waals surface area contributed by atoms with Gasteiger partial charge >= 0.3 is 5.97 Å². The van der Waals surface area contributed by atoms with E-state index in [4.69, 9.17) is 9.84 Å². The van der Waals surface area contributed by atoms with Crippen LogP contribution in [-0.2, 0) is 4.79 Å². The molecule has 0 radical (unpaired) electrons. The van der Waals surface area contributed by atoms with Gasteiger partial charge in [-0.1, -0.05) is 6.07 Å². The van der Waals surface area contributed by atoms with Gasteiger partial charge in [0.2, 0.25) is 0 Å². The lowest BCUT2D eigenvalue weighted by atomic mass is 10.1. The second-order valence-corrected chi connectivity index (χ2v) is 6.32. The lowest BCUT2D eigenvalue weighted by Gasteiger charge is -2.12. The van der Waals surface area contributed by atoms with Crippen molar-refractivity contribution in [1.82, 2.24) is 5.32 Å². The first kappa shape index (κ1) is 20.0. The number of aryl methyl sites for hydroxylation is 1. The molecule has 0 aliphatic heterocycles. The van der Waals surface area contributed by atoms with Gasteiger partial charge in [-0.3, -0.25) is 9.59 Å². The summed E-state index contributed by atoms with van der Waals surface area (Å²) in [5.41, 5.74) is 2.17. The summed E-state index contributed by atoms with van der Waals surface area (Å²) < 4.78 is 5.08. The average molecular weight is 370 g/mol. The number of benzene rings is 2. The molecule has 0 saturated carbocycles. The van der Waals surface area contributed by atoms with E-state index in [0.29, 0.717) is 22.6 Å². The highest BCUT2D eigenvalue weighted by Gasteiger charge is 2.12. The highest BCUT2D eigenvalue weighted by molar-refractivity contribution is 6.05. The van der Waals surface area contributed by atoms with Crippen molar-refractivity contribution in [3.63, 3.8) is 0 Å². The molecule has 27 heavy (non-hydrogen) atoms. The minimum absolute atomic E-state index is 0.0342. The van der Waals surface area contributed by atoms with Gasteiger partial charge in [-0.25, -0.2) is 4.79 Å². The Bertz CT molecular complexity index is 861. The molecule has 3 N–H and O–H groups in total. The number of hydrogen-bond donors (Lipinski definition) is 3. The summed E-state index contributed by atoms with van der Waals surface area (Å²) in [5.74, 6) is -1.33. The van der Waals surface area contributed by atoms with Crippen molar-refractivity contribution >= 4 is 23.5 Å². The van der Waals surface area contributed by atoms with Gasteiger partial charge in [-0.15, -0.1) is 0 Å². The van der Waals surface area contributed by atoms with Crippen LogP contribution in [0.5, 0.6) is 5.75 Å². The molecule has 2 rings (SSSR count). The molecule has 0 fully saturated rings. The monoisotopic (exact) mass is 370 g/mol. The van der Waals surface area contributed by atoms with E-state index in [9.17, 15) is 14.4 Å². The number of carbonyl (C=O) groups excluding carboxylic acids is 2. The number of rotatable bonds is 7. The standard InChI is InChI=1S/C20H22N2O5/c1-12(2)21-20(26)17-8-7-15(9-13(17)3)22-19(25)14-5-4-6-16(10-14)27-11-18(23)24/h4-10,12H,11H2,1-3H3,(H,21,26)(H,22,25)(H,23,24). The van der Waals surface area contributed by atoms with Crippen molar-refractivity contribution in [1.29, 1.82) is 0 Å². The summed E-state index contributed by atoms with van der Waals surface area (Å²) in [7, 11) is 0. The average Bonchev–Trinajstić information content (AvgIpc) is 2.59. The fraction of sp³-hybridized carbons (Fsp3) is 0.250. The van der Waals surface area contributed by atoms with Crippen LogP contribution in [0.3, 0.4) is 0 Å². The van der Waals surface area contributed by atoms with Gasteiger partial charge in [0.05, 0.1) is 0 Å². The first-order valence-electron chi connectivity index (χ1n) is 8.44. The maximum atomic E-state index is 12.4. The molecule has 0 spiro atoms. The number of anilines is 1. The first-order chi connectivity index (χ1) is 12.8. The Labute approximate surface area is 157 Å². The van der Waals surface area contributed by atoms with Crippen molar-refractivity contribution < 1.29 is 24.2 Å². The highest BCUT2D eigenvalue weighted by atomic mass is 16.5. The van der Waals surface area contributed by atoms with E-state index < -0.39 is 12.6 Å². The zero-order valence-corrected chi connectivity index (χ0v) is 15.4. The minimum Gasteiger partial charge on any atom is -0.482 e. The maximum Gasteiger partial charge on any atom is 0.341 e. The van der Waals surface area contributed by atoms with Crippen LogP contribution in [0.2, 0.25) is 0 Å². The molecule has 2 amide bonds. The summed E-state index contributed by atoms with van der Waals surface area (Å²) in [6.07, 6.45) is 0. The van der Waals surface area contributed by atoms with Crippen molar-refractivity contribution in [3.05, 3.63) is 59.2 Å². The van der Waals surface area contributed by atoms with Crippen molar-refractivity contribution in [3.8, 4) is 5.75 Å². The molecule has 0 aliphatic rings. The van der Waals surface area contributed by atoms with Crippen molar-refractivity contribution in [2.75, 3.05) is 11.9 Å². The summed E-state index contributed by atoms with van der Waals surface area (Å²) in [6.45, 7) is 5.08. The zero-order chi connectivity index (χ0) is 20.0. The van der Waals surface area contributed by atoms with Gasteiger partial charge in [-0.05, 0) is 62.7 Å². The Kier molecular flexibility index (Phi) is 6.54. The maximum absolute atomic E-state index is 12.4. The third-order valence-corrected chi connectivity index (χ3v) is 3.61. The Hall–Kier alpha value is -3.35. The van der Waals surface area contributed by atoms with Crippen LogP contribution in [0, 0.1) is 6.92 Å². The minimum atomic E-state index is -1.10. The molecule has 0 aliphatic carbocycles. The number of amides is 2. The molecule has 0 heterocycles. The number of carboxylic acid groups (broad SMARTS) is 1. The van der Waals surface area contributed by atoms with E-state index in [0.717, 1.165) is 5.56 Å². The van der Waals surface area contributed by atoms with Gasteiger partial charge < -0.3 is 20.5 Å². The van der Waals surface area contributed by atoms with Crippen LogP contribution in [0.1, 0.15) is 40.1 Å². The zero-order valence-electron chi connectivity index (χ0n) is 15.4. The fourth-order valence-corrected chi connectivity index (χ4v) is 2.41. The number of ether oxygens (including phenoxy) is 1. The summed E-state index contributed by atoms with van der Waals surface area (Å²) >= 11 is 0. The molecule has 2 aromatic rings. The van der Waals surface area contributed by atoms with Crippen LogP contribution >= 0.6 is 0 Å². The normalized spacial score (nSPS) is 10.4. The molecule has 0 unspecified atom stereocenters. The van der Waals surface area contributed by atoms with E-state index in [2.05, 4.69) is 10.6 Å². The predicted octanol–water partition coefficient (Wildman–Crippen LogP) is 2.85. The molecule has 0 atom stereocenters. The molecular weight excluding hydrogens is 348 g/mol. The van der Waals surface area contributed by atoms with Crippen LogP contribution < -0.4 is 15.4 Å². The van der Waals surface area contributed by atoms with Gasteiger partial charge in [0.25, 0.3) is 11.8 Å².